The van der Waals surface area contributed by atoms with E-state index in [1.54, 1.807) is 12.1 Å². The van der Waals surface area contributed by atoms with Crippen LogP contribution in [0.25, 0.3) is 0 Å². The molecule has 2 aromatic heterocycles. The molecule has 0 unspecified atom stereocenters. The van der Waals surface area contributed by atoms with Gasteiger partial charge in [0.05, 0.1) is 23.4 Å². The number of carbonyl (C=O) groups is 1. The number of nitriles is 1. The fraction of sp³-hybridized carbons (Fsp3) is 0.0769. The highest BCUT2D eigenvalue weighted by atomic mass is 16.4. The summed E-state index contributed by atoms with van der Waals surface area (Å²) in [4.78, 5) is 18.9. The molecule has 0 radical (unpaired) electrons. The number of carboxylic acid groups (broad SMARTS) is 1. The maximum absolute atomic E-state index is 10.8. The van der Waals surface area contributed by atoms with Gasteiger partial charge in [0, 0.05) is 12.4 Å². The van der Waals surface area contributed by atoms with E-state index < -0.39 is 5.97 Å². The van der Waals surface area contributed by atoms with Crippen LogP contribution in [0.15, 0.2) is 36.7 Å². The molecule has 0 aromatic carbocycles. The highest BCUT2D eigenvalue weighted by Gasteiger charge is 2.04. The SMILES string of the molecule is N#Cc1ccc(NCc2cc(C(=O)O)ccn2)nc1. The van der Waals surface area contributed by atoms with E-state index in [0.717, 1.165) is 0 Å². The van der Waals surface area contributed by atoms with Crippen LogP contribution in [-0.2, 0) is 6.54 Å². The standard InChI is InChI=1S/C13H10N4O2/c14-6-9-1-2-12(16-7-9)17-8-11-5-10(13(18)19)3-4-15-11/h1-5,7H,8H2,(H,16,17)(H,18,19). The number of nitrogens with zero attached hydrogens (tertiary/aromatic N) is 3. The first-order valence-electron chi connectivity index (χ1n) is 5.47. The van der Waals surface area contributed by atoms with E-state index in [9.17, 15) is 4.79 Å². The maximum Gasteiger partial charge on any atom is 0.335 e. The van der Waals surface area contributed by atoms with Crippen molar-refractivity contribution in [3.63, 3.8) is 0 Å². The Labute approximate surface area is 109 Å². The van der Waals surface area contributed by atoms with Gasteiger partial charge in [-0.05, 0) is 24.3 Å². The van der Waals surface area contributed by atoms with Crippen molar-refractivity contribution < 1.29 is 9.90 Å². The Morgan fingerprint density at radius 3 is 2.84 bits per heavy atom. The molecule has 6 heteroatoms. The molecule has 0 aliphatic carbocycles. The molecule has 0 fully saturated rings. The van der Waals surface area contributed by atoms with Crippen molar-refractivity contribution in [2.24, 2.45) is 0 Å². The highest BCUT2D eigenvalue weighted by Crippen LogP contribution is 2.07. The summed E-state index contributed by atoms with van der Waals surface area (Å²) in [6.07, 6.45) is 2.91. The average Bonchev–Trinajstić information content (AvgIpc) is 2.46. The molecule has 2 aromatic rings. The number of nitrogens with one attached hydrogen (secondary N) is 1. The van der Waals surface area contributed by atoms with Crippen LogP contribution in [0.2, 0.25) is 0 Å². The molecular weight excluding hydrogens is 244 g/mol. The van der Waals surface area contributed by atoms with Crippen molar-refractivity contribution in [1.29, 1.82) is 5.26 Å². The van der Waals surface area contributed by atoms with E-state index in [-0.39, 0.29) is 5.56 Å². The Hall–Kier alpha value is -2.94. The minimum absolute atomic E-state index is 0.194. The zero-order valence-corrected chi connectivity index (χ0v) is 9.87. The van der Waals surface area contributed by atoms with Gasteiger partial charge in [0.15, 0.2) is 0 Å². The molecule has 19 heavy (non-hydrogen) atoms. The summed E-state index contributed by atoms with van der Waals surface area (Å²) in [6.45, 7) is 0.361. The third-order valence-corrected chi connectivity index (χ3v) is 2.41. The number of rotatable bonds is 4. The number of carboxylic acids is 1. The van der Waals surface area contributed by atoms with Crippen LogP contribution < -0.4 is 5.32 Å². The Bertz CT molecular complexity index is 632. The summed E-state index contributed by atoms with van der Waals surface area (Å²) in [5, 5.41) is 20.5. The lowest BCUT2D eigenvalue weighted by atomic mass is 10.2. The fourth-order valence-corrected chi connectivity index (χ4v) is 1.45. The molecule has 2 heterocycles. The largest absolute Gasteiger partial charge is 0.478 e. The number of aromatic nitrogens is 2. The van der Waals surface area contributed by atoms with E-state index in [1.807, 2.05) is 6.07 Å². The first kappa shape index (κ1) is 12.5. The number of aromatic carboxylic acids is 1. The fourth-order valence-electron chi connectivity index (χ4n) is 1.45. The first-order valence-corrected chi connectivity index (χ1v) is 5.47. The van der Waals surface area contributed by atoms with Crippen LogP contribution >= 0.6 is 0 Å². The van der Waals surface area contributed by atoms with Crippen molar-refractivity contribution >= 4 is 11.8 Å². The van der Waals surface area contributed by atoms with Gasteiger partial charge in [-0.2, -0.15) is 5.26 Å². The summed E-state index contributed by atoms with van der Waals surface area (Å²) in [6, 6.07) is 8.24. The number of pyridine rings is 2. The van der Waals surface area contributed by atoms with Crippen LogP contribution in [0.5, 0.6) is 0 Å². The van der Waals surface area contributed by atoms with Gasteiger partial charge in [0.25, 0.3) is 0 Å². The lowest BCUT2D eigenvalue weighted by molar-refractivity contribution is 0.0696. The monoisotopic (exact) mass is 254 g/mol. The molecule has 2 rings (SSSR count). The van der Waals surface area contributed by atoms with Gasteiger partial charge in [0.2, 0.25) is 0 Å². The molecule has 0 aliphatic heterocycles. The molecule has 6 nitrogen and oxygen atoms in total. The predicted molar refractivity (Wildman–Crippen MR) is 67.5 cm³/mol. The van der Waals surface area contributed by atoms with Crippen molar-refractivity contribution in [1.82, 2.24) is 9.97 Å². The Balaban J connectivity index is 2.03. The summed E-state index contributed by atoms with van der Waals surface area (Å²) in [5.41, 5.74) is 1.28. The molecule has 0 spiro atoms. The molecule has 0 amide bonds. The quantitative estimate of drug-likeness (QED) is 0.860. The second kappa shape index (κ2) is 5.60. The zero-order chi connectivity index (χ0) is 13.7. The molecule has 0 saturated heterocycles. The Kier molecular flexibility index (Phi) is 3.69. The van der Waals surface area contributed by atoms with E-state index in [1.165, 1.54) is 24.5 Å². The normalized spacial score (nSPS) is 9.63. The van der Waals surface area contributed by atoms with Gasteiger partial charge in [-0.15, -0.1) is 0 Å². The number of hydrogen-bond donors (Lipinski definition) is 2. The smallest absolute Gasteiger partial charge is 0.335 e. The van der Waals surface area contributed by atoms with Gasteiger partial charge in [-0.25, -0.2) is 9.78 Å². The molecule has 94 valence electrons. The minimum Gasteiger partial charge on any atom is -0.478 e. The topological polar surface area (TPSA) is 98.9 Å². The average molecular weight is 254 g/mol. The van der Waals surface area contributed by atoms with Crippen molar-refractivity contribution in [2.75, 3.05) is 5.32 Å². The minimum atomic E-state index is -0.986. The highest BCUT2D eigenvalue weighted by molar-refractivity contribution is 5.87. The second-order valence-corrected chi connectivity index (χ2v) is 3.74. The molecule has 0 aliphatic rings. The molecule has 0 atom stereocenters. The summed E-state index contributed by atoms with van der Waals surface area (Å²) in [5.74, 6) is -0.387. The summed E-state index contributed by atoms with van der Waals surface area (Å²) < 4.78 is 0. The molecule has 2 N–H and O–H groups in total. The second-order valence-electron chi connectivity index (χ2n) is 3.74. The van der Waals surface area contributed by atoms with Crippen LogP contribution in [0.3, 0.4) is 0 Å². The van der Waals surface area contributed by atoms with Crippen LogP contribution in [0, 0.1) is 11.3 Å². The van der Waals surface area contributed by atoms with Gasteiger partial charge in [0.1, 0.15) is 11.9 Å². The van der Waals surface area contributed by atoms with E-state index in [0.29, 0.717) is 23.6 Å². The van der Waals surface area contributed by atoms with E-state index >= 15 is 0 Å². The van der Waals surface area contributed by atoms with Crippen molar-refractivity contribution in [2.45, 2.75) is 6.54 Å². The lowest BCUT2D eigenvalue weighted by Gasteiger charge is -2.05. The van der Waals surface area contributed by atoms with Gasteiger partial charge in [-0.1, -0.05) is 0 Å². The van der Waals surface area contributed by atoms with Crippen LogP contribution in [0.4, 0.5) is 5.82 Å². The van der Waals surface area contributed by atoms with Gasteiger partial charge >= 0.3 is 5.97 Å². The molecule has 0 saturated carbocycles. The Morgan fingerprint density at radius 2 is 2.21 bits per heavy atom. The summed E-state index contributed by atoms with van der Waals surface area (Å²) >= 11 is 0. The number of hydrogen-bond acceptors (Lipinski definition) is 5. The van der Waals surface area contributed by atoms with Crippen LogP contribution in [-0.4, -0.2) is 21.0 Å². The summed E-state index contributed by atoms with van der Waals surface area (Å²) in [7, 11) is 0. The van der Waals surface area contributed by atoms with Crippen LogP contribution in [0.1, 0.15) is 21.6 Å². The predicted octanol–water partition coefficient (Wildman–Crippen LogP) is 1.66. The zero-order valence-electron chi connectivity index (χ0n) is 9.87. The van der Waals surface area contributed by atoms with Gasteiger partial charge in [-0.3, -0.25) is 4.98 Å². The maximum atomic E-state index is 10.8. The third kappa shape index (κ3) is 3.26. The van der Waals surface area contributed by atoms with Crippen molar-refractivity contribution in [3.05, 3.63) is 53.5 Å². The first-order chi connectivity index (χ1) is 9.19. The van der Waals surface area contributed by atoms with Gasteiger partial charge < -0.3 is 10.4 Å². The lowest BCUT2D eigenvalue weighted by Crippen LogP contribution is -2.05. The third-order valence-electron chi connectivity index (χ3n) is 2.41. The van der Waals surface area contributed by atoms with Crippen molar-refractivity contribution in [3.8, 4) is 6.07 Å². The number of anilines is 1. The Morgan fingerprint density at radius 1 is 1.37 bits per heavy atom. The molecule has 0 bridgehead atoms. The van der Waals surface area contributed by atoms with E-state index in [2.05, 4.69) is 15.3 Å². The molecular formula is C13H10N4O2. The van der Waals surface area contributed by atoms with E-state index in [4.69, 9.17) is 10.4 Å².